The summed E-state index contributed by atoms with van der Waals surface area (Å²) in [6, 6.07) is 9.14. The predicted molar refractivity (Wildman–Crippen MR) is 118 cm³/mol. The normalized spacial score (nSPS) is 23.3. The number of aliphatic hydroxyl groups is 1. The maximum Gasteiger partial charge on any atom is 0.325 e. The number of hydrogen-bond donors (Lipinski definition) is 3. The van der Waals surface area contributed by atoms with Crippen molar-refractivity contribution in [2.45, 2.75) is 63.0 Å². The van der Waals surface area contributed by atoms with Gasteiger partial charge in [-0.05, 0) is 57.6 Å². The van der Waals surface area contributed by atoms with E-state index in [0.29, 0.717) is 17.4 Å². The van der Waals surface area contributed by atoms with Crippen LogP contribution in [0.15, 0.2) is 36.5 Å². The van der Waals surface area contributed by atoms with Crippen molar-refractivity contribution in [1.29, 1.82) is 0 Å². The Morgan fingerprint density at radius 2 is 2.00 bits per heavy atom. The van der Waals surface area contributed by atoms with E-state index in [9.17, 15) is 15.1 Å². The quantitative estimate of drug-likeness (QED) is 0.419. The lowest BCUT2D eigenvalue weighted by molar-refractivity contribution is -0.910. The zero-order chi connectivity index (χ0) is 22.5. The number of amides is 1. The molecule has 2 saturated carbocycles. The van der Waals surface area contributed by atoms with E-state index in [4.69, 9.17) is 9.84 Å². The molecule has 0 unspecified atom stereocenters. The van der Waals surface area contributed by atoms with Crippen LogP contribution in [0.4, 0.5) is 5.69 Å². The molecule has 2 aliphatic rings. The molecule has 3 N–H and O–H groups in total. The first-order chi connectivity index (χ1) is 15.3. The molecule has 2 fully saturated rings. The summed E-state index contributed by atoms with van der Waals surface area (Å²) in [6.07, 6.45) is 7.27. The summed E-state index contributed by atoms with van der Waals surface area (Å²) in [6.45, 7) is 1.89. The second-order valence-corrected chi connectivity index (χ2v) is 9.32. The van der Waals surface area contributed by atoms with Gasteiger partial charge in [0.25, 0.3) is 0 Å². The highest BCUT2D eigenvalue weighted by molar-refractivity contribution is 6.04. The molecule has 0 radical (unpaired) electrons. The van der Waals surface area contributed by atoms with Crippen LogP contribution in [0.2, 0.25) is 0 Å². The fourth-order valence-electron chi connectivity index (χ4n) is 4.58. The number of fused-ring (bicyclic) bond motifs is 1. The van der Waals surface area contributed by atoms with Crippen molar-refractivity contribution in [1.82, 2.24) is 9.78 Å². The molecule has 168 valence electrons. The third-order valence-electron chi connectivity index (χ3n) is 6.72. The first kappa shape index (κ1) is 20.8. The van der Waals surface area contributed by atoms with Crippen LogP contribution < -0.4 is 14.8 Å². The highest BCUT2D eigenvalue weighted by Crippen LogP contribution is 2.38. The lowest BCUT2D eigenvalue weighted by Gasteiger charge is -2.33. The zero-order valence-corrected chi connectivity index (χ0v) is 18.4. The van der Waals surface area contributed by atoms with Crippen molar-refractivity contribution in [3.63, 3.8) is 0 Å². The summed E-state index contributed by atoms with van der Waals surface area (Å²) in [4.78, 5) is 13.0. The molecule has 5 rings (SSSR count). The number of benzene rings is 1. The van der Waals surface area contributed by atoms with E-state index in [1.54, 1.807) is 19.2 Å². The number of ether oxygens (including phenoxy) is 1. The third kappa shape index (κ3) is 3.90. The Labute approximate surface area is 186 Å². The van der Waals surface area contributed by atoms with E-state index in [0.717, 1.165) is 59.9 Å². The minimum Gasteiger partial charge on any atom is -0.494 e. The van der Waals surface area contributed by atoms with Gasteiger partial charge < -0.3 is 15.2 Å². The predicted octanol–water partition coefficient (Wildman–Crippen LogP) is 3.57. The molecule has 2 aromatic heterocycles. The standard InChI is InChI=1S/C24H28N4O4/c1-24(30)10-8-17(9-11-24)27-14-16-12-19(22(32-2)13-18(16)26-27)25-23(29)21-5-3-4-20(28(21)31)15-6-7-15/h3-5,12-15,17,30H,6-11H2,1-2H3,(H-,25,29,31)/p+1. The number of anilines is 1. The van der Waals surface area contributed by atoms with Crippen molar-refractivity contribution in [3.05, 3.63) is 47.9 Å². The van der Waals surface area contributed by atoms with Crippen LogP contribution in [0.5, 0.6) is 5.75 Å². The van der Waals surface area contributed by atoms with Gasteiger partial charge in [0, 0.05) is 40.4 Å². The van der Waals surface area contributed by atoms with Gasteiger partial charge >= 0.3 is 11.6 Å². The Hall–Kier alpha value is -3.13. The Morgan fingerprint density at radius 3 is 2.69 bits per heavy atom. The fraction of sp³-hybridized carbons (Fsp3) is 0.458. The van der Waals surface area contributed by atoms with Gasteiger partial charge in [-0.3, -0.25) is 14.7 Å². The maximum atomic E-state index is 13.0. The van der Waals surface area contributed by atoms with E-state index in [-0.39, 0.29) is 11.7 Å². The van der Waals surface area contributed by atoms with Crippen LogP contribution in [0.1, 0.15) is 73.6 Å². The van der Waals surface area contributed by atoms with E-state index < -0.39 is 11.5 Å². The summed E-state index contributed by atoms with van der Waals surface area (Å²) >= 11 is 0. The molecule has 8 nitrogen and oxygen atoms in total. The Bertz CT molecular complexity index is 1170. The lowest BCUT2D eigenvalue weighted by atomic mass is 9.84. The molecule has 2 heterocycles. The SMILES string of the molecule is COc1cc2nn(C3CCC(C)(O)CC3)cc2cc1NC(=O)c1cccc(C2CC2)[n+]1O. The highest BCUT2D eigenvalue weighted by Gasteiger charge is 2.36. The van der Waals surface area contributed by atoms with E-state index in [2.05, 4.69) is 5.32 Å². The third-order valence-corrected chi connectivity index (χ3v) is 6.72. The molecule has 1 amide bonds. The van der Waals surface area contributed by atoms with Crippen LogP contribution in [-0.2, 0) is 0 Å². The first-order valence-electron chi connectivity index (χ1n) is 11.2. The Balaban J connectivity index is 1.41. The maximum absolute atomic E-state index is 13.0. The topological polar surface area (TPSA) is 100 Å². The minimum absolute atomic E-state index is 0.182. The van der Waals surface area contributed by atoms with E-state index in [1.807, 2.05) is 36.0 Å². The number of nitrogens with zero attached hydrogens (tertiary/aromatic N) is 3. The number of pyridine rings is 1. The zero-order valence-electron chi connectivity index (χ0n) is 18.4. The van der Waals surface area contributed by atoms with Gasteiger partial charge in [0.15, 0.2) is 0 Å². The van der Waals surface area contributed by atoms with E-state index >= 15 is 0 Å². The average molecular weight is 438 g/mol. The summed E-state index contributed by atoms with van der Waals surface area (Å²) in [7, 11) is 1.55. The number of rotatable bonds is 5. The molecule has 8 heteroatoms. The molecule has 0 atom stereocenters. The van der Waals surface area contributed by atoms with E-state index in [1.165, 1.54) is 0 Å². The van der Waals surface area contributed by atoms with Crippen molar-refractivity contribution in [2.24, 2.45) is 0 Å². The van der Waals surface area contributed by atoms with Crippen LogP contribution in [0.25, 0.3) is 10.9 Å². The van der Waals surface area contributed by atoms with Gasteiger partial charge in [0.1, 0.15) is 5.75 Å². The molecule has 3 aromatic rings. The largest absolute Gasteiger partial charge is 0.494 e. The number of carbonyl (C=O) groups excluding carboxylic acids is 1. The molecule has 0 aliphatic heterocycles. The van der Waals surface area contributed by atoms with Crippen LogP contribution in [0, 0.1) is 0 Å². The number of methoxy groups -OCH3 is 1. The van der Waals surface area contributed by atoms with Gasteiger partial charge in [-0.15, -0.1) is 0 Å². The average Bonchev–Trinajstić information content (AvgIpc) is 3.52. The Morgan fingerprint density at radius 1 is 1.25 bits per heavy atom. The monoisotopic (exact) mass is 437 g/mol. The summed E-state index contributed by atoms with van der Waals surface area (Å²) in [5, 5.41) is 29.2. The van der Waals surface area contributed by atoms with Crippen molar-refractivity contribution in [3.8, 4) is 5.75 Å². The van der Waals surface area contributed by atoms with Gasteiger partial charge in [0.2, 0.25) is 5.69 Å². The van der Waals surface area contributed by atoms with Gasteiger partial charge in [-0.2, -0.15) is 5.10 Å². The second kappa shape index (κ2) is 7.78. The highest BCUT2D eigenvalue weighted by atomic mass is 16.5. The smallest absolute Gasteiger partial charge is 0.325 e. The molecule has 0 spiro atoms. The van der Waals surface area contributed by atoms with Crippen molar-refractivity contribution < 1.29 is 24.6 Å². The second-order valence-electron chi connectivity index (χ2n) is 9.32. The van der Waals surface area contributed by atoms with Gasteiger partial charge in [-0.1, -0.05) is 0 Å². The lowest BCUT2D eigenvalue weighted by Crippen LogP contribution is -2.43. The molecule has 1 aromatic carbocycles. The van der Waals surface area contributed by atoms with Crippen LogP contribution >= 0.6 is 0 Å². The number of carbonyl (C=O) groups is 1. The number of hydrogen-bond acceptors (Lipinski definition) is 5. The van der Waals surface area contributed by atoms with Gasteiger partial charge in [-0.25, -0.2) is 0 Å². The molecule has 0 saturated heterocycles. The van der Waals surface area contributed by atoms with Crippen LogP contribution in [-0.4, -0.2) is 38.7 Å². The van der Waals surface area contributed by atoms with Crippen LogP contribution in [0.3, 0.4) is 0 Å². The first-order valence-corrected chi connectivity index (χ1v) is 11.2. The molecular formula is C24H29N4O4+. The number of nitrogens with one attached hydrogen (secondary N) is 1. The summed E-state index contributed by atoms with van der Waals surface area (Å²) < 4.78 is 8.47. The molecule has 32 heavy (non-hydrogen) atoms. The summed E-state index contributed by atoms with van der Waals surface area (Å²) in [5.41, 5.74) is 1.65. The number of aromatic nitrogens is 3. The van der Waals surface area contributed by atoms with Gasteiger partial charge in [0.05, 0.1) is 30.0 Å². The van der Waals surface area contributed by atoms with Crippen molar-refractivity contribution >= 4 is 22.5 Å². The van der Waals surface area contributed by atoms with Crippen molar-refractivity contribution in [2.75, 3.05) is 12.4 Å². The molecule has 2 aliphatic carbocycles. The Kier molecular flexibility index (Phi) is 5.04. The fourth-order valence-corrected chi connectivity index (χ4v) is 4.58. The molecular weight excluding hydrogens is 408 g/mol. The summed E-state index contributed by atoms with van der Waals surface area (Å²) in [5.74, 6) is 0.410. The molecule has 0 bridgehead atoms. The minimum atomic E-state index is -0.593.